The van der Waals surface area contributed by atoms with E-state index in [0.717, 1.165) is 6.54 Å². The molecule has 17 heavy (non-hydrogen) atoms. The van der Waals surface area contributed by atoms with Gasteiger partial charge in [-0.3, -0.25) is 4.79 Å². The highest BCUT2D eigenvalue weighted by Crippen LogP contribution is 2.25. The molecule has 0 aliphatic heterocycles. The summed E-state index contributed by atoms with van der Waals surface area (Å²) in [6, 6.07) is 6.88. The standard InChI is InChI=1S/C12H15N3O2/c1-3-14-8-12(16)15-10-5-4-9(7-13)6-11(10)17-2/h4-6,14H,3,8H2,1-2H3,(H,15,16). The van der Waals surface area contributed by atoms with Crippen LogP contribution >= 0.6 is 0 Å². The Labute approximate surface area is 100 Å². The molecular weight excluding hydrogens is 218 g/mol. The minimum absolute atomic E-state index is 0.144. The summed E-state index contributed by atoms with van der Waals surface area (Å²) in [5.74, 6) is 0.337. The largest absolute Gasteiger partial charge is 0.495 e. The van der Waals surface area contributed by atoms with Crippen LogP contribution in [0.1, 0.15) is 12.5 Å². The number of carbonyl (C=O) groups excluding carboxylic acids is 1. The summed E-state index contributed by atoms with van der Waals surface area (Å²) in [5, 5.41) is 14.4. The number of hydrogen-bond donors (Lipinski definition) is 2. The molecule has 0 aliphatic rings. The SMILES string of the molecule is CCNCC(=O)Nc1ccc(C#N)cc1OC. The molecule has 0 radical (unpaired) electrons. The molecule has 2 N–H and O–H groups in total. The van der Waals surface area contributed by atoms with Gasteiger partial charge in [-0.2, -0.15) is 5.26 Å². The monoisotopic (exact) mass is 233 g/mol. The van der Waals surface area contributed by atoms with E-state index < -0.39 is 0 Å². The molecule has 0 saturated carbocycles. The normalized spacial score (nSPS) is 9.47. The van der Waals surface area contributed by atoms with E-state index in [1.165, 1.54) is 7.11 Å². The summed E-state index contributed by atoms with van der Waals surface area (Å²) >= 11 is 0. The van der Waals surface area contributed by atoms with Crippen molar-refractivity contribution in [1.29, 1.82) is 5.26 Å². The highest BCUT2D eigenvalue weighted by atomic mass is 16.5. The molecule has 0 saturated heterocycles. The maximum Gasteiger partial charge on any atom is 0.238 e. The lowest BCUT2D eigenvalue weighted by atomic mass is 10.2. The van der Waals surface area contributed by atoms with Gasteiger partial charge >= 0.3 is 0 Å². The number of hydrogen-bond acceptors (Lipinski definition) is 4. The van der Waals surface area contributed by atoms with Crippen LogP contribution in [-0.2, 0) is 4.79 Å². The van der Waals surface area contributed by atoms with E-state index >= 15 is 0 Å². The van der Waals surface area contributed by atoms with Crippen LogP contribution in [0.3, 0.4) is 0 Å². The summed E-state index contributed by atoms with van der Waals surface area (Å²) in [4.78, 5) is 11.5. The van der Waals surface area contributed by atoms with Crippen molar-refractivity contribution in [2.24, 2.45) is 0 Å². The predicted molar refractivity (Wildman–Crippen MR) is 64.9 cm³/mol. The third-order valence-corrected chi connectivity index (χ3v) is 2.14. The van der Waals surface area contributed by atoms with E-state index in [9.17, 15) is 4.79 Å². The molecule has 0 spiro atoms. The van der Waals surface area contributed by atoms with Gasteiger partial charge in [0, 0.05) is 6.07 Å². The summed E-state index contributed by atoms with van der Waals surface area (Å²) in [7, 11) is 1.50. The van der Waals surface area contributed by atoms with Crippen molar-refractivity contribution in [3.05, 3.63) is 23.8 Å². The summed E-state index contributed by atoms with van der Waals surface area (Å²) in [6.45, 7) is 2.91. The predicted octanol–water partition coefficient (Wildman–Crippen LogP) is 1.11. The topological polar surface area (TPSA) is 74.2 Å². The van der Waals surface area contributed by atoms with Crippen molar-refractivity contribution in [1.82, 2.24) is 5.32 Å². The molecule has 5 heteroatoms. The number of likely N-dealkylation sites (N-methyl/N-ethyl adjacent to an activating group) is 1. The lowest BCUT2D eigenvalue weighted by molar-refractivity contribution is -0.115. The summed E-state index contributed by atoms with van der Waals surface area (Å²) in [6.07, 6.45) is 0. The van der Waals surface area contributed by atoms with Crippen molar-refractivity contribution < 1.29 is 9.53 Å². The Hall–Kier alpha value is -2.06. The lowest BCUT2D eigenvalue weighted by Crippen LogP contribution is -2.27. The van der Waals surface area contributed by atoms with Gasteiger partial charge in [0.1, 0.15) is 5.75 Å². The molecule has 0 aliphatic carbocycles. The van der Waals surface area contributed by atoms with Crippen molar-refractivity contribution in [2.45, 2.75) is 6.92 Å². The lowest BCUT2D eigenvalue weighted by Gasteiger charge is -2.10. The van der Waals surface area contributed by atoms with E-state index in [4.69, 9.17) is 10.00 Å². The number of rotatable bonds is 5. The van der Waals surface area contributed by atoms with E-state index in [0.29, 0.717) is 17.0 Å². The van der Waals surface area contributed by atoms with Gasteiger partial charge in [0.2, 0.25) is 5.91 Å². The number of nitriles is 1. The molecule has 0 bridgehead atoms. The fourth-order valence-corrected chi connectivity index (χ4v) is 1.30. The maximum absolute atomic E-state index is 11.5. The number of methoxy groups -OCH3 is 1. The zero-order chi connectivity index (χ0) is 12.7. The third-order valence-electron chi connectivity index (χ3n) is 2.14. The minimum atomic E-state index is -0.144. The number of anilines is 1. The van der Waals surface area contributed by atoms with Gasteiger partial charge in [-0.25, -0.2) is 0 Å². The average Bonchev–Trinajstić information content (AvgIpc) is 2.36. The van der Waals surface area contributed by atoms with Crippen LogP contribution < -0.4 is 15.4 Å². The first-order chi connectivity index (χ1) is 8.21. The molecule has 0 aromatic heterocycles. The van der Waals surface area contributed by atoms with Gasteiger partial charge < -0.3 is 15.4 Å². The molecule has 1 amide bonds. The van der Waals surface area contributed by atoms with Gasteiger partial charge in [0.05, 0.1) is 31.0 Å². The fraction of sp³-hybridized carbons (Fsp3) is 0.333. The number of benzene rings is 1. The van der Waals surface area contributed by atoms with Gasteiger partial charge in [0.25, 0.3) is 0 Å². The van der Waals surface area contributed by atoms with Crippen LogP contribution in [-0.4, -0.2) is 26.1 Å². The first kappa shape index (κ1) is 13.0. The van der Waals surface area contributed by atoms with E-state index in [1.54, 1.807) is 18.2 Å². The second-order valence-corrected chi connectivity index (χ2v) is 3.36. The van der Waals surface area contributed by atoms with Crippen LogP contribution in [0.25, 0.3) is 0 Å². The molecule has 0 heterocycles. The van der Waals surface area contributed by atoms with Crippen LogP contribution in [0.4, 0.5) is 5.69 Å². The number of carbonyl (C=O) groups is 1. The molecule has 1 aromatic rings. The minimum Gasteiger partial charge on any atom is -0.495 e. The van der Waals surface area contributed by atoms with Crippen molar-refractivity contribution >= 4 is 11.6 Å². The fourth-order valence-electron chi connectivity index (χ4n) is 1.30. The molecule has 1 rings (SSSR count). The van der Waals surface area contributed by atoms with Gasteiger partial charge in [-0.05, 0) is 18.7 Å². The Morgan fingerprint density at radius 3 is 2.88 bits per heavy atom. The Kier molecular flexibility index (Phi) is 4.98. The van der Waals surface area contributed by atoms with E-state index in [-0.39, 0.29) is 12.5 Å². The van der Waals surface area contributed by atoms with Crippen LogP contribution in [0, 0.1) is 11.3 Å². The summed E-state index contributed by atoms with van der Waals surface area (Å²) < 4.78 is 5.11. The van der Waals surface area contributed by atoms with Crippen molar-refractivity contribution in [3.8, 4) is 11.8 Å². The van der Waals surface area contributed by atoms with Crippen molar-refractivity contribution in [2.75, 3.05) is 25.5 Å². The first-order valence-electron chi connectivity index (χ1n) is 5.30. The Bertz CT molecular complexity index is 438. The third kappa shape index (κ3) is 3.78. The zero-order valence-corrected chi connectivity index (χ0v) is 9.91. The zero-order valence-electron chi connectivity index (χ0n) is 9.91. The Balaban J connectivity index is 2.77. The molecular formula is C12H15N3O2. The molecule has 0 atom stereocenters. The quantitative estimate of drug-likeness (QED) is 0.799. The second kappa shape index (κ2) is 6.51. The Morgan fingerprint density at radius 1 is 1.53 bits per heavy atom. The number of nitrogens with zero attached hydrogens (tertiary/aromatic N) is 1. The average molecular weight is 233 g/mol. The van der Waals surface area contributed by atoms with Crippen LogP contribution in [0.15, 0.2) is 18.2 Å². The number of amides is 1. The summed E-state index contributed by atoms with van der Waals surface area (Å²) in [5.41, 5.74) is 1.06. The second-order valence-electron chi connectivity index (χ2n) is 3.36. The molecule has 90 valence electrons. The van der Waals surface area contributed by atoms with Gasteiger partial charge in [-0.1, -0.05) is 6.92 Å². The number of ether oxygens (including phenoxy) is 1. The number of nitrogens with one attached hydrogen (secondary N) is 2. The van der Waals surface area contributed by atoms with Gasteiger partial charge in [0.15, 0.2) is 0 Å². The molecule has 5 nitrogen and oxygen atoms in total. The van der Waals surface area contributed by atoms with Crippen molar-refractivity contribution in [3.63, 3.8) is 0 Å². The van der Waals surface area contributed by atoms with E-state index in [1.807, 2.05) is 13.0 Å². The molecule has 0 unspecified atom stereocenters. The highest BCUT2D eigenvalue weighted by molar-refractivity contribution is 5.93. The maximum atomic E-state index is 11.5. The smallest absolute Gasteiger partial charge is 0.238 e. The van der Waals surface area contributed by atoms with E-state index in [2.05, 4.69) is 10.6 Å². The van der Waals surface area contributed by atoms with Gasteiger partial charge in [-0.15, -0.1) is 0 Å². The Morgan fingerprint density at radius 2 is 2.29 bits per heavy atom. The highest BCUT2D eigenvalue weighted by Gasteiger charge is 2.07. The van der Waals surface area contributed by atoms with Crippen LogP contribution in [0.2, 0.25) is 0 Å². The van der Waals surface area contributed by atoms with Crippen LogP contribution in [0.5, 0.6) is 5.75 Å². The first-order valence-corrected chi connectivity index (χ1v) is 5.30. The molecule has 1 aromatic carbocycles. The molecule has 0 fully saturated rings.